The minimum absolute atomic E-state index is 0.0419. The van der Waals surface area contributed by atoms with Crippen molar-refractivity contribution in [2.45, 2.75) is 25.2 Å². The average molecular weight is 489 g/mol. The molecule has 0 amide bonds. The van der Waals surface area contributed by atoms with E-state index in [0.717, 1.165) is 36.2 Å². The Labute approximate surface area is 200 Å². The Kier molecular flexibility index (Phi) is 7.47. The van der Waals surface area contributed by atoms with Crippen molar-refractivity contribution in [2.24, 2.45) is 0 Å². The molecule has 2 N–H and O–H groups in total. The Balaban J connectivity index is 1.54. The number of methoxy groups -OCH3 is 1. The van der Waals surface area contributed by atoms with Gasteiger partial charge in [-0.15, -0.1) is 16.7 Å². The molecule has 2 heterocycles. The topological polar surface area (TPSA) is 80.6 Å². The quantitative estimate of drug-likeness (QED) is 0.209. The van der Waals surface area contributed by atoms with Gasteiger partial charge in [0.2, 0.25) is 5.95 Å². The minimum atomic E-state index is -0.270. The lowest BCUT2D eigenvalue weighted by atomic mass is 9.93. The number of alkyl halides is 1. The molecule has 0 aliphatic heterocycles. The second-order valence-corrected chi connectivity index (χ2v) is 8.21. The Bertz CT molecular complexity index is 1190. The van der Waals surface area contributed by atoms with Gasteiger partial charge in [-0.2, -0.15) is 4.98 Å². The number of benzene rings is 2. The highest BCUT2D eigenvalue weighted by Gasteiger charge is 2.19. The van der Waals surface area contributed by atoms with Crippen LogP contribution >= 0.6 is 23.2 Å². The molecule has 0 saturated carbocycles. The Morgan fingerprint density at radius 1 is 1.18 bits per heavy atom. The molecular formula is C23H23Cl2FN6O. The van der Waals surface area contributed by atoms with Crippen LogP contribution in [-0.4, -0.2) is 37.7 Å². The number of anilines is 2. The van der Waals surface area contributed by atoms with Crippen molar-refractivity contribution in [1.29, 1.82) is 0 Å². The molecule has 0 bridgehead atoms. The number of nitrogens with zero attached hydrogens (tertiary/aromatic N) is 4. The molecule has 0 radical (unpaired) electrons. The van der Waals surface area contributed by atoms with E-state index >= 15 is 0 Å². The fourth-order valence-electron chi connectivity index (χ4n) is 3.61. The molecule has 2 aromatic heterocycles. The first-order valence-electron chi connectivity index (χ1n) is 10.5. The molecule has 0 fully saturated rings. The van der Waals surface area contributed by atoms with Crippen molar-refractivity contribution in [3.8, 4) is 11.4 Å². The van der Waals surface area contributed by atoms with E-state index < -0.39 is 0 Å². The van der Waals surface area contributed by atoms with Crippen LogP contribution in [-0.2, 0) is 0 Å². The van der Waals surface area contributed by atoms with Crippen LogP contribution in [0.4, 0.5) is 16.0 Å². The SMILES string of the molecule is COc1cc(Nc2n[nH]c(C(CCCCCl)c3ccc(F)cc3)n2)ccc1-n1cnc(Cl)c1. The highest BCUT2D eigenvalue weighted by molar-refractivity contribution is 6.29. The molecule has 1 unspecified atom stereocenters. The van der Waals surface area contributed by atoms with Gasteiger partial charge in [-0.25, -0.2) is 9.37 Å². The van der Waals surface area contributed by atoms with Gasteiger partial charge in [0.05, 0.1) is 12.8 Å². The normalized spacial score (nSPS) is 12.0. The molecule has 10 heteroatoms. The lowest BCUT2D eigenvalue weighted by Gasteiger charge is -2.14. The Morgan fingerprint density at radius 3 is 2.70 bits per heavy atom. The van der Waals surface area contributed by atoms with Crippen LogP contribution in [0.1, 0.15) is 36.6 Å². The zero-order valence-corrected chi connectivity index (χ0v) is 19.4. The largest absolute Gasteiger partial charge is 0.494 e. The molecule has 4 aromatic rings. The number of nitrogens with one attached hydrogen (secondary N) is 2. The molecule has 0 saturated heterocycles. The molecular weight excluding hydrogens is 466 g/mol. The van der Waals surface area contributed by atoms with Crippen molar-refractivity contribution in [2.75, 3.05) is 18.3 Å². The first-order chi connectivity index (χ1) is 16.1. The van der Waals surface area contributed by atoms with Crippen LogP contribution in [0.15, 0.2) is 55.0 Å². The highest BCUT2D eigenvalue weighted by atomic mass is 35.5. The number of hydrogen-bond donors (Lipinski definition) is 2. The molecule has 7 nitrogen and oxygen atoms in total. The van der Waals surface area contributed by atoms with Crippen LogP contribution in [0, 0.1) is 5.82 Å². The summed E-state index contributed by atoms with van der Waals surface area (Å²) in [5, 5.41) is 10.9. The van der Waals surface area contributed by atoms with E-state index in [2.05, 4.69) is 25.5 Å². The summed E-state index contributed by atoms with van der Waals surface area (Å²) in [5.41, 5.74) is 2.53. The third-order valence-corrected chi connectivity index (χ3v) is 5.71. The standard InChI is InChI=1S/C23H23Cl2FN6O/c1-33-20-12-17(9-10-19(20)32-13-21(25)27-14-32)28-23-29-22(30-31-23)18(4-2-3-11-24)15-5-7-16(26)8-6-15/h5-10,12-14,18H,2-4,11H2,1H3,(H2,28,29,30,31). The smallest absolute Gasteiger partial charge is 0.246 e. The lowest BCUT2D eigenvalue weighted by molar-refractivity contribution is 0.413. The number of ether oxygens (including phenoxy) is 1. The Hall–Kier alpha value is -3.10. The maximum atomic E-state index is 13.4. The van der Waals surface area contributed by atoms with Crippen molar-refractivity contribution in [3.63, 3.8) is 0 Å². The number of hydrogen-bond acceptors (Lipinski definition) is 5. The number of rotatable bonds is 10. The van der Waals surface area contributed by atoms with Gasteiger partial charge < -0.3 is 14.6 Å². The van der Waals surface area contributed by atoms with Crippen LogP contribution in [0.3, 0.4) is 0 Å². The molecule has 172 valence electrons. The van der Waals surface area contributed by atoms with Crippen molar-refractivity contribution >= 4 is 34.8 Å². The van der Waals surface area contributed by atoms with Gasteiger partial charge in [-0.3, -0.25) is 5.10 Å². The zero-order chi connectivity index (χ0) is 23.2. The summed E-state index contributed by atoms with van der Waals surface area (Å²) in [6, 6.07) is 12.1. The highest BCUT2D eigenvalue weighted by Crippen LogP contribution is 2.31. The second-order valence-electron chi connectivity index (χ2n) is 7.45. The van der Waals surface area contributed by atoms with Gasteiger partial charge in [0, 0.05) is 29.7 Å². The van der Waals surface area contributed by atoms with E-state index in [9.17, 15) is 4.39 Å². The lowest BCUT2D eigenvalue weighted by Crippen LogP contribution is -2.04. The molecule has 33 heavy (non-hydrogen) atoms. The average Bonchev–Trinajstić information content (AvgIpc) is 3.46. The van der Waals surface area contributed by atoms with Gasteiger partial charge in [0.25, 0.3) is 0 Å². The van der Waals surface area contributed by atoms with Crippen LogP contribution in [0.5, 0.6) is 5.75 Å². The van der Waals surface area contributed by atoms with Crippen LogP contribution in [0.2, 0.25) is 5.15 Å². The van der Waals surface area contributed by atoms with E-state index in [1.165, 1.54) is 12.1 Å². The van der Waals surface area contributed by atoms with Gasteiger partial charge in [0.1, 0.15) is 28.9 Å². The van der Waals surface area contributed by atoms with E-state index in [0.29, 0.717) is 28.6 Å². The summed E-state index contributed by atoms with van der Waals surface area (Å²) >= 11 is 11.8. The third-order valence-electron chi connectivity index (χ3n) is 5.25. The summed E-state index contributed by atoms with van der Waals surface area (Å²) in [7, 11) is 1.60. The molecule has 0 aliphatic rings. The summed E-state index contributed by atoms with van der Waals surface area (Å²) in [5.74, 6) is 2.05. The predicted molar refractivity (Wildman–Crippen MR) is 128 cm³/mol. The molecule has 4 rings (SSSR count). The second kappa shape index (κ2) is 10.7. The summed E-state index contributed by atoms with van der Waals surface area (Å²) in [4.78, 5) is 8.68. The number of aromatic amines is 1. The maximum Gasteiger partial charge on any atom is 0.246 e. The van der Waals surface area contributed by atoms with E-state index in [1.54, 1.807) is 36.3 Å². The molecule has 2 aromatic carbocycles. The first-order valence-corrected chi connectivity index (χ1v) is 11.4. The number of unbranched alkanes of at least 4 members (excludes halogenated alkanes) is 1. The maximum absolute atomic E-state index is 13.4. The Morgan fingerprint density at radius 2 is 2.00 bits per heavy atom. The fourth-order valence-corrected chi connectivity index (χ4v) is 3.95. The zero-order valence-electron chi connectivity index (χ0n) is 17.9. The van der Waals surface area contributed by atoms with E-state index in [-0.39, 0.29) is 11.7 Å². The van der Waals surface area contributed by atoms with Crippen molar-refractivity contribution in [3.05, 3.63) is 77.3 Å². The van der Waals surface area contributed by atoms with Crippen LogP contribution in [0.25, 0.3) is 5.69 Å². The van der Waals surface area contributed by atoms with Crippen molar-refractivity contribution < 1.29 is 9.13 Å². The molecule has 0 aliphatic carbocycles. The van der Waals surface area contributed by atoms with E-state index in [4.69, 9.17) is 27.9 Å². The fraction of sp³-hybridized carbons (Fsp3) is 0.261. The minimum Gasteiger partial charge on any atom is -0.494 e. The molecule has 0 spiro atoms. The van der Waals surface area contributed by atoms with Gasteiger partial charge in [-0.1, -0.05) is 30.2 Å². The van der Waals surface area contributed by atoms with Gasteiger partial charge in [0.15, 0.2) is 0 Å². The number of halogens is 3. The summed E-state index contributed by atoms with van der Waals surface area (Å²) in [6.45, 7) is 0. The number of H-pyrrole nitrogens is 1. The predicted octanol–water partition coefficient (Wildman–Crippen LogP) is 6.08. The first kappa shape index (κ1) is 23.1. The molecule has 1 atom stereocenters. The van der Waals surface area contributed by atoms with Gasteiger partial charge >= 0.3 is 0 Å². The van der Waals surface area contributed by atoms with Crippen molar-refractivity contribution in [1.82, 2.24) is 24.7 Å². The van der Waals surface area contributed by atoms with E-state index in [1.807, 2.05) is 18.2 Å². The third kappa shape index (κ3) is 5.64. The monoisotopic (exact) mass is 488 g/mol. The van der Waals surface area contributed by atoms with Crippen LogP contribution < -0.4 is 10.1 Å². The number of aromatic nitrogens is 5. The summed E-state index contributed by atoms with van der Waals surface area (Å²) < 4.78 is 20.7. The van der Waals surface area contributed by atoms with Gasteiger partial charge in [-0.05, 0) is 42.7 Å². The number of imidazole rings is 1. The summed E-state index contributed by atoms with van der Waals surface area (Å²) in [6.07, 6.45) is 5.96.